The Morgan fingerprint density at radius 2 is 1.81 bits per heavy atom. The van der Waals surface area contributed by atoms with E-state index in [2.05, 4.69) is 19.1 Å². The van der Waals surface area contributed by atoms with Crippen LogP contribution in [0.15, 0.2) is 48.5 Å². The van der Waals surface area contributed by atoms with Crippen molar-refractivity contribution >= 4 is 11.6 Å². The lowest BCUT2D eigenvalue weighted by Crippen LogP contribution is -2.45. The number of nitrogens with zero attached hydrogens (tertiary/aromatic N) is 1. The number of para-hydroxylation sites is 2. The Morgan fingerprint density at radius 1 is 1.10 bits per heavy atom. The molecule has 0 aromatic heterocycles. The first-order chi connectivity index (χ1) is 10.2. The lowest BCUT2D eigenvalue weighted by Gasteiger charge is -2.34. The summed E-state index contributed by atoms with van der Waals surface area (Å²) in [5.41, 5.74) is 3.22. The molecule has 0 N–H and O–H groups in total. The first-order valence-electron chi connectivity index (χ1n) is 7.32. The van der Waals surface area contributed by atoms with Crippen LogP contribution in [0.2, 0.25) is 0 Å². The second-order valence-corrected chi connectivity index (χ2v) is 5.33. The zero-order valence-corrected chi connectivity index (χ0v) is 12.4. The molecule has 1 unspecified atom stereocenters. The summed E-state index contributed by atoms with van der Waals surface area (Å²) < 4.78 is 5.80. The van der Waals surface area contributed by atoms with Gasteiger partial charge < -0.3 is 9.64 Å². The summed E-state index contributed by atoms with van der Waals surface area (Å²) in [6, 6.07) is 15.9. The number of hydrogen-bond acceptors (Lipinski definition) is 2. The molecule has 0 saturated heterocycles. The number of amides is 1. The lowest BCUT2D eigenvalue weighted by molar-refractivity contribution is -0.126. The smallest absolute Gasteiger partial charge is 0.268 e. The molecule has 3 heteroatoms. The Hall–Kier alpha value is -2.29. The number of carbonyl (C=O) groups excluding carboxylic acids is 1. The molecule has 1 aliphatic rings. The molecule has 0 radical (unpaired) electrons. The fraction of sp³-hybridized carbons (Fsp3) is 0.278. The first-order valence-corrected chi connectivity index (χ1v) is 7.32. The van der Waals surface area contributed by atoms with E-state index in [9.17, 15) is 4.79 Å². The van der Waals surface area contributed by atoms with Crippen molar-refractivity contribution in [2.45, 2.75) is 32.9 Å². The molecule has 0 aliphatic carbocycles. The fourth-order valence-electron chi connectivity index (χ4n) is 2.65. The van der Waals surface area contributed by atoms with Crippen LogP contribution in [0.5, 0.6) is 5.75 Å². The zero-order valence-electron chi connectivity index (χ0n) is 12.4. The van der Waals surface area contributed by atoms with Crippen LogP contribution in [0.1, 0.15) is 24.5 Å². The number of fused-ring (bicyclic) bond motifs is 1. The van der Waals surface area contributed by atoms with Gasteiger partial charge in [0.2, 0.25) is 0 Å². The van der Waals surface area contributed by atoms with Gasteiger partial charge in [0.1, 0.15) is 5.75 Å². The van der Waals surface area contributed by atoms with Crippen molar-refractivity contribution in [1.82, 2.24) is 0 Å². The van der Waals surface area contributed by atoms with E-state index in [-0.39, 0.29) is 12.0 Å². The highest BCUT2D eigenvalue weighted by Gasteiger charge is 2.33. The normalized spacial score (nSPS) is 17.3. The summed E-state index contributed by atoms with van der Waals surface area (Å²) in [5.74, 6) is 0.831. The van der Waals surface area contributed by atoms with E-state index in [1.165, 1.54) is 5.56 Å². The number of aryl methyl sites for hydroxylation is 1. The maximum Gasteiger partial charge on any atom is 0.268 e. The van der Waals surface area contributed by atoms with Crippen molar-refractivity contribution < 1.29 is 9.53 Å². The Kier molecular flexibility index (Phi) is 3.65. The Morgan fingerprint density at radius 3 is 2.57 bits per heavy atom. The van der Waals surface area contributed by atoms with E-state index in [0.717, 1.165) is 17.0 Å². The average molecular weight is 281 g/mol. The summed E-state index contributed by atoms with van der Waals surface area (Å²) in [7, 11) is 0. The Balaban J connectivity index is 1.99. The minimum Gasteiger partial charge on any atom is -0.478 e. The van der Waals surface area contributed by atoms with Gasteiger partial charge in [0.05, 0.1) is 12.2 Å². The van der Waals surface area contributed by atoms with Gasteiger partial charge in [0.15, 0.2) is 6.10 Å². The molecule has 0 bridgehead atoms. The van der Waals surface area contributed by atoms with Crippen LogP contribution in [-0.4, -0.2) is 12.0 Å². The number of benzene rings is 2. The quantitative estimate of drug-likeness (QED) is 0.858. The van der Waals surface area contributed by atoms with Crippen molar-refractivity contribution in [2.75, 3.05) is 4.90 Å². The van der Waals surface area contributed by atoms with Gasteiger partial charge in [-0.05, 0) is 36.6 Å². The number of rotatable bonds is 3. The minimum atomic E-state index is -0.385. The Labute approximate surface area is 125 Å². The van der Waals surface area contributed by atoms with Crippen molar-refractivity contribution in [3.8, 4) is 5.75 Å². The van der Waals surface area contributed by atoms with Crippen LogP contribution in [0, 0.1) is 6.92 Å². The molecule has 21 heavy (non-hydrogen) atoms. The van der Waals surface area contributed by atoms with Crippen molar-refractivity contribution in [3.63, 3.8) is 0 Å². The molecule has 1 heterocycles. The molecule has 108 valence electrons. The third-order valence-electron chi connectivity index (χ3n) is 3.93. The van der Waals surface area contributed by atoms with Crippen LogP contribution >= 0.6 is 0 Å². The second kappa shape index (κ2) is 5.60. The maximum atomic E-state index is 12.6. The molecule has 0 spiro atoms. The van der Waals surface area contributed by atoms with E-state index in [1.807, 2.05) is 48.2 Å². The third kappa shape index (κ3) is 2.51. The van der Waals surface area contributed by atoms with Gasteiger partial charge in [-0.25, -0.2) is 0 Å². The molecule has 0 saturated carbocycles. The second-order valence-electron chi connectivity index (χ2n) is 5.33. The molecule has 3 rings (SSSR count). The van der Waals surface area contributed by atoms with Crippen molar-refractivity contribution in [1.29, 1.82) is 0 Å². The largest absolute Gasteiger partial charge is 0.478 e. The summed E-state index contributed by atoms with van der Waals surface area (Å²) >= 11 is 0. The van der Waals surface area contributed by atoms with Crippen molar-refractivity contribution in [2.24, 2.45) is 0 Å². The summed E-state index contributed by atoms with van der Waals surface area (Å²) in [6.45, 7) is 4.63. The molecule has 0 fully saturated rings. The van der Waals surface area contributed by atoms with Gasteiger partial charge in [-0.15, -0.1) is 0 Å². The Bertz CT molecular complexity index is 666. The summed E-state index contributed by atoms with van der Waals surface area (Å²) in [6.07, 6.45) is 0.293. The molecule has 3 nitrogen and oxygen atoms in total. The molecular formula is C18H19NO2. The van der Waals surface area contributed by atoms with Gasteiger partial charge in [-0.1, -0.05) is 43.3 Å². The van der Waals surface area contributed by atoms with E-state index in [1.54, 1.807) is 0 Å². The summed E-state index contributed by atoms with van der Waals surface area (Å²) in [5, 5.41) is 0. The minimum absolute atomic E-state index is 0.0412. The predicted molar refractivity (Wildman–Crippen MR) is 83.5 cm³/mol. The van der Waals surface area contributed by atoms with Gasteiger partial charge in [0, 0.05) is 0 Å². The van der Waals surface area contributed by atoms with Gasteiger partial charge >= 0.3 is 0 Å². The number of ether oxygens (including phenoxy) is 1. The third-order valence-corrected chi connectivity index (χ3v) is 3.93. The summed E-state index contributed by atoms with van der Waals surface area (Å²) in [4.78, 5) is 14.5. The predicted octanol–water partition coefficient (Wildman–Crippen LogP) is 3.70. The number of anilines is 1. The van der Waals surface area contributed by atoms with Crippen LogP contribution < -0.4 is 9.64 Å². The van der Waals surface area contributed by atoms with E-state index in [4.69, 9.17) is 4.74 Å². The molecule has 1 atom stereocenters. The van der Waals surface area contributed by atoms with Gasteiger partial charge in [-0.3, -0.25) is 4.79 Å². The van der Waals surface area contributed by atoms with Crippen LogP contribution in [0.3, 0.4) is 0 Å². The van der Waals surface area contributed by atoms with Gasteiger partial charge in [0.25, 0.3) is 5.91 Å². The highest BCUT2D eigenvalue weighted by Crippen LogP contribution is 2.35. The molecular weight excluding hydrogens is 262 g/mol. The highest BCUT2D eigenvalue weighted by atomic mass is 16.5. The standard InChI is InChI=1S/C18H19NO2/c1-3-16-18(20)19(12-14-9-5-4-8-13(14)2)15-10-6-7-11-17(15)21-16/h4-11,16H,3,12H2,1-2H3. The zero-order chi connectivity index (χ0) is 14.8. The lowest BCUT2D eigenvalue weighted by atomic mass is 10.1. The molecule has 2 aromatic rings. The van der Waals surface area contributed by atoms with Crippen LogP contribution in [-0.2, 0) is 11.3 Å². The van der Waals surface area contributed by atoms with Crippen LogP contribution in [0.4, 0.5) is 5.69 Å². The van der Waals surface area contributed by atoms with Gasteiger partial charge in [-0.2, -0.15) is 0 Å². The monoisotopic (exact) mass is 281 g/mol. The van der Waals surface area contributed by atoms with Crippen molar-refractivity contribution in [3.05, 3.63) is 59.7 Å². The number of hydrogen-bond donors (Lipinski definition) is 0. The molecule has 2 aromatic carbocycles. The van der Waals surface area contributed by atoms with E-state index >= 15 is 0 Å². The number of carbonyl (C=O) groups is 1. The highest BCUT2D eigenvalue weighted by molar-refractivity contribution is 5.99. The molecule has 1 aliphatic heterocycles. The average Bonchev–Trinajstić information content (AvgIpc) is 2.51. The SMILES string of the molecule is CCC1Oc2ccccc2N(Cc2ccccc2C)C1=O. The first kappa shape index (κ1) is 13.7. The molecule has 1 amide bonds. The van der Waals surface area contributed by atoms with E-state index < -0.39 is 0 Å². The maximum absolute atomic E-state index is 12.6. The van der Waals surface area contributed by atoms with Crippen LogP contribution in [0.25, 0.3) is 0 Å². The van der Waals surface area contributed by atoms with E-state index in [0.29, 0.717) is 13.0 Å². The fourth-order valence-corrected chi connectivity index (χ4v) is 2.65. The topological polar surface area (TPSA) is 29.5 Å².